The SMILES string of the molecule is Cl.O[C@H]1CCc2cccc(Nc3nc4cnc5ccccc5c4o3)c2C1. The molecule has 2 heterocycles. The van der Waals surface area contributed by atoms with Gasteiger partial charge in [-0.15, -0.1) is 12.4 Å². The number of nitrogens with one attached hydrogen (secondary N) is 1. The standard InChI is InChI=1S/C20H17N3O2.ClH/c24-13-9-8-12-4-3-7-17(15(12)10-13)22-20-23-18-11-21-16-6-2-1-5-14(16)19(18)25-20;/h1-7,11,13,24H,8-10H2,(H,22,23);1H/t13-;/m0./s1. The number of pyridine rings is 1. The Labute approximate surface area is 156 Å². The van der Waals surface area contributed by atoms with E-state index in [2.05, 4.69) is 21.4 Å². The Kier molecular flexibility index (Phi) is 4.26. The summed E-state index contributed by atoms with van der Waals surface area (Å²) in [4.78, 5) is 8.95. The van der Waals surface area contributed by atoms with Gasteiger partial charge in [0.15, 0.2) is 5.58 Å². The van der Waals surface area contributed by atoms with Gasteiger partial charge in [0.05, 0.1) is 17.8 Å². The van der Waals surface area contributed by atoms with Crippen molar-refractivity contribution in [3.05, 3.63) is 59.8 Å². The first-order valence-electron chi connectivity index (χ1n) is 8.48. The van der Waals surface area contributed by atoms with Gasteiger partial charge in [-0.2, -0.15) is 4.98 Å². The second-order valence-corrected chi connectivity index (χ2v) is 6.47. The second kappa shape index (κ2) is 6.59. The topological polar surface area (TPSA) is 71.2 Å². The van der Waals surface area contributed by atoms with Gasteiger partial charge in [0, 0.05) is 17.5 Å². The summed E-state index contributed by atoms with van der Waals surface area (Å²) in [5.41, 5.74) is 5.71. The van der Waals surface area contributed by atoms with Crippen LogP contribution in [0.4, 0.5) is 11.7 Å². The molecular formula is C20H18ClN3O2. The van der Waals surface area contributed by atoms with Crippen molar-refractivity contribution in [2.75, 3.05) is 5.32 Å². The highest BCUT2D eigenvalue weighted by molar-refractivity contribution is 6.00. The fourth-order valence-corrected chi connectivity index (χ4v) is 3.58. The lowest BCUT2D eigenvalue weighted by atomic mass is 9.88. The highest BCUT2D eigenvalue weighted by atomic mass is 35.5. The Balaban J connectivity index is 0.00000168. The van der Waals surface area contributed by atoms with E-state index in [0.29, 0.717) is 12.4 Å². The van der Waals surface area contributed by atoms with Crippen molar-refractivity contribution in [2.24, 2.45) is 0 Å². The quantitative estimate of drug-likeness (QED) is 0.549. The maximum atomic E-state index is 10.0. The lowest BCUT2D eigenvalue weighted by Gasteiger charge is -2.23. The molecule has 2 N–H and O–H groups in total. The molecule has 0 saturated heterocycles. The summed E-state index contributed by atoms with van der Waals surface area (Å²) < 4.78 is 5.98. The van der Waals surface area contributed by atoms with Gasteiger partial charge in [-0.3, -0.25) is 4.98 Å². The van der Waals surface area contributed by atoms with E-state index in [4.69, 9.17) is 4.42 Å². The van der Waals surface area contributed by atoms with Crippen LogP contribution in [-0.4, -0.2) is 21.2 Å². The second-order valence-electron chi connectivity index (χ2n) is 6.47. The zero-order chi connectivity index (χ0) is 16.8. The number of aliphatic hydroxyl groups excluding tert-OH is 1. The van der Waals surface area contributed by atoms with Crippen molar-refractivity contribution in [3.63, 3.8) is 0 Å². The number of hydrogen-bond acceptors (Lipinski definition) is 5. The summed E-state index contributed by atoms with van der Waals surface area (Å²) in [5.74, 6) is 0. The number of hydrogen-bond donors (Lipinski definition) is 2. The van der Waals surface area contributed by atoms with Crippen molar-refractivity contribution >= 4 is 46.1 Å². The van der Waals surface area contributed by atoms with Crippen LogP contribution in [0.2, 0.25) is 0 Å². The minimum absolute atomic E-state index is 0. The number of rotatable bonds is 2. The van der Waals surface area contributed by atoms with Crippen molar-refractivity contribution in [1.29, 1.82) is 0 Å². The van der Waals surface area contributed by atoms with Crippen LogP contribution in [0.3, 0.4) is 0 Å². The lowest BCUT2D eigenvalue weighted by molar-refractivity contribution is 0.159. The van der Waals surface area contributed by atoms with E-state index in [1.807, 2.05) is 36.4 Å². The van der Waals surface area contributed by atoms with Gasteiger partial charge in [-0.05, 0) is 42.2 Å². The van der Waals surface area contributed by atoms with Crippen LogP contribution in [0, 0.1) is 0 Å². The van der Waals surface area contributed by atoms with Crippen molar-refractivity contribution < 1.29 is 9.52 Å². The minimum Gasteiger partial charge on any atom is -0.423 e. The molecule has 1 atom stereocenters. The Morgan fingerprint density at radius 3 is 2.88 bits per heavy atom. The van der Waals surface area contributed by atoms with Gasteiger partial charge in [0.1, 0.15) is 5.52 Å². The van der Waals surface area contributed by atoms with Gasteiger partial charge in [-0.25, -0.2) is 0 Å². The van der Waals surface area contributed by atoms with Crippen LogP contribution in [0.15, 0.2) is 53.1 Å². The smallest absolute Gasteiger partial charge is 0.300 e. The van der Waals surface area contributed by atoms with Crippen molar-refractivity contribution in [2.45, 2.75) is 25.4 Å². The number of aryl methyl sites for hydroxylation is 1. The molecule has 132 valence electrons. The fourth-order valence-electron chi connectivity index (χ4n) is 3.58. The summed E-state index contributed by atoms with van der Waals surface area (Å²) in [6.45, 7) is 0. The van der Waals surface area contributed by atoms with Crippen LogP contribution in [0.5, 0.6) is 0 Å². The molecule has 0 unspecified atom stereocenters. The molecule has 26 heavy (non-hydrogen) atoms. The number of nitrogens with zero attached hydrogens (tertiary/aromatic N) is 2. The molecule has 5 nitrogen and oxygen atoms in total. The zero-order valence-electron chi connectivity index (χ0n) is 14.0. The third-order valence-corrected chi connectivity index (χ3v) is 4.83. The third kappa shape index (κ3) is 2.79. The average Bonchev–Trinajstić information content (AvgIpc) is 3.05. The van der Waals surface area contributed by atoms with Crippen molar-refractivity contribution in [1.82, 2.24) is 9.97 Å². The summed E-state index contributed by atoms with van der Waals surface area (Å²) >= 11 is 0. The van der Waals surface area contributed by atoms with Gasteiger partial charge in [0.2, 0.25) is 0 Å². The largest absolute Gasteiger partial charge is 0.423 e. The van der Waals surface area contributed by atoms with Gasteiger partial charge in [-0.1, -0.05) is 24.3 Å². The van der Waals surface area contributed by atoms with E-state index in [1.165, 1.54) is 5.56 Å². The van der Waals surface area contributed by atoms with E-state index >= 15 is 0 Å². The monoisotopic (exact) mass is 367 g/mol. The number of fused-ring (bicyclic) bond motifs is 4. The molecule has 0 radical (unpaired) electrons. The van der Waals surface area contributed by atoms with E-state index < -0.39 is 0 Å². The van der Waals surface area contributed by atoms with E-state index in [-0.39, 0.29) is 18.5 Å². The van der Waals surface area contributed by atoms with Crippen LogP contribution in [0.25, 0.3) is 22.0 Å². The molecule has 0 saturated carbocycles. The molecule has 1 aliphatic rings. The number of aliphatic hydroxyl groups is 1. The number of anilines is 2. The molecular weight excluding hydrogens is 350 g/mol. The number of para-hydroxylation sites is 1. The van der Waals surface area contributed by atoms with Crippen molar-refractivity contribution in [3.8, 4) is 0 Å². The molecule has 0 spiro atoms. The molecule has 5 rings (SSSR count). The normalized spacial score (nSPS) is 16.3. The van der Waals surface area contributed by atoms with E-state index in [0.717, 1.165) is 46.1 Å². The number of halogens is 1. The molecule has 1 aliphatic carbocycles. The predicted molar refractivity (Wildman–Crippen MR) is 104 cm³/mol. The predicted octanol–water partition coefficient (Wildman–Crippen LogP) is 4.39. The molecule has 2 aromatic heterocycles. The Morgan fingerprint density at radius 2 is 1.96 bits per heavy atom. The van der Waals surface area contributed by atoms with Gasteiger partial charge >= 0.3 is 0 Å². The molecule has 0 amide bonds. The summed E-state index contributed by atoms with van der Waals surface area (Å²) in [6.07, 6.45) is 3.82. The molecule has 6 heteroatoms. The molecule has 0 aliphatic heterocycles. The first-order valence-corrected chi connectivity index (χ1v) is 8.48. The molecule has 4 aromatic rings. The minimum atomic E-state index is -0.285. The third-order valence-electron chi connectivity index (χ3n) is 4.83. The average molecular weight is 368 g/mol. The van der Waals surface area contributed by atoms with Crippen LogP contribution < -0.4 is 5.32 Å². The molecule has 2 aromatic carbocycles. The first-order chi connectivity index (χ1) is 12.3. The highest BCUT2D eigenvalue weighted by Crippen LogP contribution is 2.32. The lowest BCUT2D eigenvalue weighted by Crippen LogP contribution is -2.19. The Hall–Kier alpha value is -2.63. The van der Waals surface area contributed by atoms with Gasteiger partial charge < -0.3 is 14.8 Å². The van der Waals surface area contributed by atoms with E-state index in [9.17, 15) is 5.11 Å². The summed E-state index contributed by atoms with van der Waals surface area (Å²) in [7, 11) is 0. The molecule has 0 bridgehead atoms. The maximum absolute atomic E-state index is 10.0. The Morgan fingerprint density at radius 1 is 1.08 bits per heavy atom. The number of oxazole rings is 1. The molecule has 0 fully saturated rings. The van der Waals surface area contributed by atoms with E-state index in [1.54, 1.807) is 6.20 Å². The highest BCUT2D eigenvalue weighted by Gasteiger charge is 2.20. The zero-order valence-corrected chi connectivity index (χ0v) is 14.8. The first kappa shape index (κ1) is 16.8. The maximum Gasteiger partial charge on any atom is 0.300 e. The summed E-state index contributed by atoms with van der Waals surface area (Å²) in [6, 6.07) is 14.5. The van der Waals surface area contributed by atoms with Crippen LogP contribution in [0.1, 0.15) is 17.5 Å². The summed E-state index contributed by atoms with van der Waals surface area (Å²) in [5, 5.41) is 14.2. The fraction of sp³-hybridized carbons (Fsp3) is 0.200. The number of benzene rings is 2. The Bertz CT molecular complexity index is 1090. The van der Waals surface area contributed by atoms with Crippen LogP contribution >= 0.6 is 12.4 Å². The van der Waals surface area contributed by atoms with Crippen LogP contribution in [-0.2, 0) is 12.8 Å². The number of aromatic nitrogens is 2. The van der Waals surface area contributed by atoms with Gasteiger partial charge in [0.25, 0.3) is 6.01 Å².